The Morgan fingerprint density at radius 3 is 2.16 bits per heavy atom. The molecule has 0 spiro atoms. The fourth-order valence-electron chi connectivity index (χ4n) is 1.97. The fraction of sp³-hybridized carbons (Fsp3) is 0.625. The number of hydrogen-bond acceptors (Lipinski definition) is 3. The lowest BCUT2D eigenvalue weighted by Crippen LogP contribution is -2.31. The van der Waals surface area contributed by atoms with E-state index in [1.807, 2.05) is 14.1 Å². The number of likely N-dealkylation sites (N-methyl/N-ethyl adjacent to an activating group) is 1. The zero-order chi connectivity index (χ0) is 14.5. The molecule has 0 aliphatic heterocycles. The second-order valence-corrected chi connectivity index (χ2v) is 6.36. The maximum absolute atomic E-state index is 9.50. The molecule has 0 bridgehead atoms. The van der Waals surface area contributed by atoms with E-state index >= 15 is 0 Å². The van der Waals surface area contributed by atoms with Crippen molar-refractivity contribution in [3.05, 3.63) is 35.4 Å². The molecule has 0 fully saturated rings. The SMILES string of the molecule is CN(C)CCNC(CO)c1ccc(C(C)(C)C)cc1. The van der Waals surface area contributed by atoms with Crippen LogP contribution in [0.5, 0.6) is 0 Å². The number of aliphatic hydroxyl groups is 1. The van der Waals surface area contributed by atoms with Gasteiger partial charge in [0.25, 0.3) is 0 Å². The second kappa shape index (κ2) is 7.04. The van der Waals surface area contributed by atoms with Gasteiger partial charge >= 0.3 is 0 Å². The molecule has 0 aliphatic rings. The highest BCUT2D eigenvalue weighted by Gasteiger charge is 2.15. The quantitative estimate of drug-likeness (QED) is 0.826. The molecule has 19 heavy (non-hydrogen) atoms. The predicted octanol–water partition coefficient (Wildman–Crippen LogP) is 2.17. The van der Waals surface area contributed by atoms with Crippen molar-refractivity contribution in [1.29, 1.82) is 0 Å². The summed E-state index contributed by atoms with van der Waals surface area (Å²) in [7, 11) is 4.10. The van der Waals surface area contributed by atoms with Crippen LogP contribution in [0.2, 0.25) is 0 Å². The molecule has 3 nitrogen and oxygen atoms in total. The monoisotopic (exact) mass is 264 g/mol. The Hall–Kier alpha value is -0.900. The smallest absolute Gasteiger partial charge is 0.0626 e. The zero-order valence-corrected chi connectivity index (χ0v) is 12.9. The number of aliphatic hydroxyl groups excluding tert-OH is 1. The fourth-order valence-corrected chi connectivity index (χ4v) is 1.97. The number of hydrogen-bond donors (Lipinski definition) is 2. The topological polar surface area (TPSA) is 35.5 Å². The van der Waals surface area contributed by atoms with Gasteiger partial charge in [-0.25, -0.2) is 0 Å². The summed E-state index contributed by atoms with van der Waals surface area (Å²) < 4.78 is 0. The highest BCUT2D eigenvalue weighted by atomic mass is 16.3. The van der Waals surface area contributed by atoms with Crippen molar-refractivity contribution >= 4 is 0 Å². The molecule has 0 aromatic heterocycles. The Labute approximate surface area is 117 Å². The number of rotatable bonds is 6. The first-order valence-corrected chi connectivity index (χ1v) is 6.94. The third kappa shape index (κ3) is 5.31. The van der Waals surface area contributed by atoms with Crippen LogP contribution in [0.4, 0.5) is 0 Å². The summed E-state index contributed by atoms with van der Waals surface area (Å²) in [5.74, 6) is 0. The van der Waals surface area contributed by atoms with Gasteiger partial charge in [-0.3, -0.25) is 0 Å². The van der Waals surface area contributed by atoms with Gasteiger partial charge in [0.1, 0.15) is 0 Å². The summed E-state index contributed by atoms with van der Waals surface area (Å²) in [4.78, 5) is 2.13. The van der Waals surface area contributed by atoms with Crippen molar-refractivity contribution in [2.24, 2.45) is 0 Å². The number of benzene rings is 1. The first-order chi connectivity index (χ1) is 8.84. The van der Waals surface area contributed by atoms with E-state index in [9.17, 15) is 5.11 Å². The van der Waals surface area contributed by atoms with E-state index < -0.39 is 0 Å². The normalized spacial score (nSPS) is 13.8. The minimum atomic E-state index is 0.0222. The maximum Gasteiger partial charge on any atom is 0.0626 e. The first-order valence-electron chi connectivity index (χ1n) is 6.94. The average molecular weight is 264 g/mol. The van der Waals surface area contributed by atoms with Gasteiger partial charge in [-0.1, -0.05) is 45.0 Å². The minimum absolute atomic E-state index is 0.0222. The van der Waals surface area contributed by atoms with Gasteiger partial charge in [0.2, 0.25) is 0 Å². The van der Waals surface area contributed by atoms with Crippen LogP contribution >= 0.6 is 0 Å². The summed E-state index contributed by atoms with van der Waals surface area (Å²) >= 11 is 0. The van der Waals surface area contributed by atoms with Crippen molar-refractivity contribution in [3.8, 4) is 0 Å². The molecular formula is C16H28N2O. The minimum Gasteiger partial charge on any atom is -0.394 e. The van der Waals surface area contributed by atoms with Crippen LogP contribution in [0.15, 0.2) is 24.3 Å². The van der Waals surface area contributed by atoms with E-state index in [-0.39, 0.29) is 18.1 Å². The Balaban J connectivity index is 2.66. The predicted molar refractivity (Wildman–Crippen MR) is 81.5 cm³/mol. The molecule has 3 heteroatoms. The van der Waals surface area contributed by atoms with Gasteiger partial charge in [0.05, 0.1) is 12.6 Å². The molecule has 2 N–H and O–H groups in total. The molecule has 1 atom stereocenters. The molecule has 1 aromatic rings. The second-order valence-electron chi connectivity index (χ2n) is 6.36. The van der Waals surface area contributed by atoms with Gasteiger partial charge in [-0.15, -0.1) is 0 Å². The molecule has 0 heterocycles. The third-order valence-electron chi connectivity index (χ3n) is 3.31. The number of nitrogens with zero attached hydrogens (tertiary/aromatic N) is 1. The van der Waals surface area contributed by atoms with Gasteiger partial charge in [0, 0.05) is 13.1 Å². The van der Waals surface area contributed by atoms with Crippen LogP contribution < -0.4 is 5.32 Å². The Morgan fingerprint density at radius 1 is 1.16 bits per heavy atom. The molecule has 0 saturated heterocycles. The standard InChI is InChI=1S/C16H28N2O/c1-16(2,3)14-8-6-13(7-9-14)15(12-19)17-10-11-18(4)5/h6-9,15,17,19H,10-12H2,1-5H3. The first kappa shape index (κ1) is 16.2. The van der Waals surface area contributed by atoms with Crippen molar-refractivity contribution in [1.82, 2.24) is 10.2 Å². The summed E-state index contributed by atoms with van der Waals surface area (Å²) in [6, 6.07) is 8.57. The van der Waals surface area contributed by atoms with Crippen molar-refractivity contribution in [2.75, 3.05) is 33.8 Å². The van der Waals surface area contributed by atoms with E-state index in [0.29, 0.717) is 0 Å². The van der Waals surface area contributed by atoms with E-state index in [4.69, 9.17) is 0 Å². The maximum atomic E-state index is 9.50. The van der Waals surface area contributed by atoms with E-state index in [1.165, 1.54) is 5.56 Å². The van der Waals surface area contributed by atoms with Crippen LogP contribution in [-0.2, 0) is 5.41 Å². The average Bonchev–Trinajstić information content (AvgIpc) is 2.33. The lowest BCUT2D eigenvalue weighted by atomic mass is 9.86. The summed E-state index contributed by atoms with van der Waals surface area (Å²) in [6.45, 7) is 8.60. The van der Waals surface area contributed by atoms with Crippen LogP contribution in [0.25, 0.3) is 0 Å². The molecule has 1 unspecified atom stereocenters. The highest BCUT2D eigenvalue weighted by Crippen LogP contribution is 2.23. The highest BCUT2D eigenvalue weighted by molar-refractivity contribution is 5.29. The van der Waals surface area contributed by atoms with Crippen molar-refractivity contribution in [2.45, 2.75) is 32.2 Å². The Bertz CT molecular complexity index is 365. The molecule has 1 rings (SSSR count). The molecule has 1 aromatic carbocycles. The lowest BCUT2D eigenvalue weighted by Gasteiger charge is -2.22. The van der Waals surface area contributed by atoms with E-state index in [2.05, 4.69) is 55.3 Å². The Morgan fingerprint density at radius 2 is 1.74 bits per heavy atom. The van der Waals surface area contributed by atoms with E-state index in [1.54, 1.807) is 0 Å². The number of nitrogens with one attached hydrogen (secondary N) is 1. The lowest BCUT2D eigenvalue weighted by molar-refractivity contribution is 0.240. The zero-order valence-electron chi connectivity index (χ0n) is 12.9. The van der Waals surface area contributed by atoms with Crippen molar-refractivity contribution < 1.29 is 5.11 Å². The molecule has 0 radical (unpaired) electrons. The van der Waals surface area contributed by atoms with Crippen LogP contribution in [0, 0.1) is 0 Å². The van der Waals surface area contributed by atoms with Gasteiger partial charge in [-0.05, 0) is 30.6 Å². The largest absolute Gasteiger partial charge is 0.394 e. The van der Waals surface area contributed by atoms with Gasteiger partial charge in [-0.2, -0.15) is 0 Å². The molecular weight excluding hydrogens is 236 g/mol. The summed E-state index contributed by atoms with van der Waals surface area (Å²) in [5, 5.41) is 12.9. The van der Waals surface area contributed by atoms with Gasteiger partial charge in [0.15, 0.2) is 0 Å². The molecule has 0 amide bonds. The third-order valence-corrected chi connectivity index (χ3v) is 3.31. The van der Waals surface area contributed by atoms with Crippen LogP contribution in [-0.4, -0.2) is 43.8 Å². The Kier molecular flexibility index (Phi) is 5.98. The van der Waals surface area contributed by atoms with Gasteiger partial charge < -0.3 is 15.3 Å². The van der Waals surface area contributed by atoms with Crippen LogP contribution in [0.3, 0.4) is 0 Å². The molecule has 108 valence electrons. The van der Waals surface area contributed by atoms with Crippen LogP contribution in [0.1, 0.15) is 37.9 Å². The van der Waals surface area contributed by atoms with E-state index in [0.717, 1.165) is 18.7 Å². The summed E-state index contributed by atoms with van der Waals surface area (Å²) in [6.07, 6.45) is 0. The molecule has 0 aliphatic carbocycles. The molecule has 0 saturated carbocycles. The van der Waals surface area contributed by atoms with Crippen molar-refractivity contribution in [3.63, 3.8) is 0 Å². The summed E-state index contributed by atoms with van der Waals surface area (Å²) in [5.41, 5.74) is 2.64.